The number of benzene rings is 1. The predicted octanol–water partition coefficient (Wildman–Crippen LogP) is 1.99. The van der Waals surface area contributed by atoms with Crippen LogP contribution < -0.4 is 10.1 Å². The smallest absolute Gasteiger partial charge is 0.387 e. The number of tetrazole rings is 1. The lowest BCUT2D eigenvalue weighted by molar-refractivity contribution is -0.0517. The molecule has 0 aliphatic carbocycles. The van der Waals surface area contributed by atoms with E-state index in [4.69, 9.17) is 11.6 Å². The number of hydrogen-bond acceptors (Lipinski definition) is 7. The number of anilines is 1. The van der Waals surface area contributed by atoms with Gasteiger partial charge in [0.2, 0.25) is 5.95 Å². The number of nitrogens with zero attached hydrogens (tertiary/aromatic N) is 4. The molecule has 0 saturated carbocycles. The minimum Gasteiger partial charge on any atom is -0.433 e. The van der Waals surface area contributed by atoms with Gasteiger partial charge in [0.05, 0.1) is 16.3 Å². The Morgan fingerprint density at radius 2 is 2.08 bits per heavy atom. The molecule has 1 amide bonds. The molecule has 1 heterocycles. The maximum absolute atomic E-state index is 12.6. The molecule has 142 valence electrons. The third kappa shape index (κ3) is 4.07. The lowest BCUT2D eigenvalue weighted by Gasteiger charge is -2.14. The second-order valence-electron chi connectivity index (χ2n) is 4.81. The molecule has 0 aliphatic heterocycles. The van der Waals surface area contributed by atoms with Crippen molar-refractivity contribution >= 4 is 33.3 Å². The summed E-state index contributed by atoms with van der Waals surface area (Å²) < 4.78 is 55.1. The SMILES string of the molecule is CCn1nnnc1NC(=O)c1ccc(OC(F)F)c(S(=O)(=O)CC)c1Cl. The zero-order valence-corrected chi connectivity index (χ0v) is 15.2. The first-order valence-electron chi connectivity index (χ1n) is 7.28. The fraction of sp³-hybridized carbons (Fsp3) is 0.385. The Bertz CT molecular complexity index is 919. The van der Waals surface area contributed by atoms with E-state index >= 15 is 0 Å². The summed E-state index contributed by atoms with van der Waals surface area (Å²) in [5.74, 6) is -1.86. The molecule has 0 radical (unpaired) electrons. The van der Waals surface area contributed by atoms with Gasteiger partial charge in [-0.05, 0) is 29.5 Å². The molecule has 1 aromatic heterocycles. The van der Waals surface area contributed by atoms with Gasteiger partial charge in [-0.25, -0.2) is 13.1 Å². The maximum Gasteiger partial charge on any atom is 0.387 e. The largest absolute Gasteiger partial charge is 0.433 e. The lowest BCUT2D eigenvalue weighted by Crippen LogP contribution is -2.18. The molecule has 0 aliphatic rings. The monoisotopic (exact) mass is 409 g/mol. The highest BCUT2D eigenvalue weighted by Crippen LogP contribution is 2.36. The van der Waals surface area contributed by atoms with Crippen molar-refractivity contribution in [3.05, 3.63) is 22.7 Å². The van der Waals surface area contributed by atoms with Crippen LogP contribution in [0.15, 0.2) is 17.0 Å². The van der Waals surface area contributed by atoms with Gasteiger partial charge in [-0.1, -0.05) is 23.6 Å². The van der Waals surface area contributed by atoms with Gasteiger partial charge in [-0.15, -0.1) is 0 Å². The zero-order chi connectivity index (χ0) is 19.5. The van der Waals surface area contributed by atoms with Gasteiger partial charge in [-0.3, -0.25) is 10.1 Å². The summed E-state index contributed by atoms with van der Waals surface area (Å²) in [5, 5.41) is 12.5. The Morgan fingerprint density at radius 3 is 2.65 bits per heavy atom. The Kier molecular flexibility index (Phi) is 6.08. The number of carbonyl (C=O) groups excluding carboxylic acids is 1. The van der Waals surface area contributed by atoms with Crippen LogP contribution in [0, 0.1) is 0 Å². The molecule has 1 aromatic carbocycles. The molecule has 9 nitrogen and oxygen atoms in total. The van der Waals surface area contributed by atoms with Crippen LogP contribution in [-0.4, -0.2) is 46.9 Å². The van der Waals surface area contributed by atoms with Gasteiger partial charge in [0.1, 0.15) is 10.6 Å². The van der Waals surface area contributed by atoms with Crippen molar-refractivity contribution in [3.8, 4) is 5.75 Å². The number of carbonyl (C=O) groups is 1. The zero-order valence-electron chi connectivity index (χ0n) is 13.6. The summed E-state index contributed by atoms with van der Waals surface area (Å²) >= 11 is 6.05. The van der Waals surface area contributed by atoms with Gasteiger partial charge >= 0.3 is 6.61 Å². The highest BCUT2D eigenvalue weighted by Gasteiger charge is 2.28. The predicted molar refractivity (Wildman–Crippen MR) is 87.3 cm³/mol. The third-order valence-electron chi connectivity index (χ3n) is 3.27. The van der Waals surface area contributed by atoms with E-state index in [1.54, 1.807) is 6.92 Å². The number of nitrogens with one attached hydrogen (secondary N) is 1. The van der Waals surface area contributed by atoms with Crippen molar-refractivity contribution in [2.75, 3.05) is 11.1 Å². The van der Waals surface area contributed by atoms with Crippen LogP contribution in [0.3, 0.4) is 0 Å². The molecule has 0 fully saturated rings. The van der Waals surface area contributed by atoms with Crippen molar-refractivity contribution in [3.63, 3.8) is 0 Å². The van der Waals surface area contributed by atoms with Gasteiger partial charge in [0.25, 0.3) is 5.91 Å². The van der Waals surface area contributed by atoms with Crippen LogP contribution in [0.2, 0.25) is 5.02 Å². The number of aromatic nitrogens is 4. The Labute approximate surface area is 152 Å². The number of ether oxygens (including phenoxy) is 1. The molecule has 2 aromatic rings. The number of sulfone groups is 1. The molecule has 0 unspecified atom stereocenters. The van der Waals surface area contributed by atoms with Crippen LogP contribution >= 0.6 is 11.6 Å². The molecule has 26 heavy (non-hydrogen) atoms. The minimum atomic E-state index is -4.05. The van der Waals surface area contributed by atoms with Gasteiger partial charge in [0.15, 0.2) is 9.84 Å². The van der Waals surface area contributed by atoms with E-state index in [9.17, 15) is 22.0 Å². The molecule has 0 spiro atoms. The van der Waals surface area contributed by atoms with Crippen molar-refractivity contribution in [1.29, 1.82) is 0 Å². The quantitative estimate of drug-likeness (QED) is 0.743. The molecule has 0 atom stereocenters. The highest BCUT2D eigenvalue weighted by molar-refractivity contribution is 7.91. The van der Waals surface area contributed by atoms with E-state index < -0.39 is 43.8 Å². The summed E-state index contributed by atoms with van der Waals surface area (Å²) in [7, 11) is -4.05. The number of hydrogen-bond donors (Lipinski definition) is 1. The first-order valence-corrected chi connectivity index (χ1v) is 9.31. The summed E-state index contributed by atoms with van der Waals surface area (Å²) in [5.41, 5.74) is -0.258. The van der Waals surface area contributed by atoms with Gasteiger partial charge in [0, 0.05) is 6.54 Å². The second kappa shape index (κ2) is 7.91. The number of alkyl halides is 2. The third-order valence-corrected chi connectivity index (χ3v) is 5.56. The molecule has 0 saturated heterocycles. The van der Waals surface area contributed by atoms with Crippen LogP contribution in [0.1, 0.15) is 24.2 Å². The fourth-order valence-corrected chi connectivity index (χ4v) is 3.70. The van der Waals surface area contributed by atoms with Crippen LogP contribution in [0.5, 0.6) is 5.75 Å². The van der Waals surface area contributed by atoms with Crippen molar-refractivity contribution in [2.24, 2.45) is 0 Å². The van der Waals surface area contributed by atoms with Gasteiger partial charge < -0.3 is 4.74 Å². The van der Waals surface area contributed by atoms with Crippen molar-refractivity contribution in [2.45, 2.75) is 31.9 Å². The van der Waals surface area contributed by atoms with E-state index in [1.807, 2.05) is 0 Å². The minimum absolute atomic E-state index is 0.0152. The molecule has 1 N–H and O–H groups in total. The number of aryl methyl sites for hydroxylation is 1. The van der Waals surface area contributed by atoms with Crippen molar-refractivity contribution in [1.82, 2.24) is 20.2 Å². The average molecular weight is 410 g/mol. The summed E-state index contributed by atoms with van der Waals surface area (Å²) in [6, 6.07) is 2.02. The maximum atomic E-state index is 12.6. The number of rotatable bonds is 7. The topological polar surface area (TPSA) is 116 Å². The first kappa shape index (κ1) is 20.0. The average Bonchev–Trinajstić information content (AvgIpc) is 3.01. The van der Waals surface area contributed by atoms with Crippen molar-refractivity contribution < 1.29 is 26.7 Å². The van der Waals surface area contributed by atoms with Gasteiger partial charge in [-0.2, -0.15) is 8.78 Å². The Morgan fingerprint density at radius 1 is 1.38 bits per heavy atom. The Hall–Kier alpha value is -2.34. The molecule has 13 heteroatoms. The lowest BCUT2D eigenvalue weighted by atomic mass is 10.2. The number of halogens is 3. The van der Waals surface area contributed by atoms with E-state index in [2.05, 4.69) is 25.6 Å². The first-order chi connectivity index (χ1) is 12.2. The summed E-state index contributed by atoms with van der Waals surface area (Å²) in [4.78, 5) is 11.7. The van der Waals surface area contributed by atoms with Crippen LogP contribution in [0.25, 0.3) is 0 Å². The molecule has 0 bridgehead atoms. The standard InChI is InChI=1S/C13H14ClF2N5O4S/c1-3-21-13(18-19-20-21)17-11(22)7-5-6-8(25-12(15)16)10(9(7)14)26(23,24)4-2/h5-6,12H,3-4H2,1-2H3,(H,17,18,20,22). The highest BCUT2D eigenvalue weighted by atomic mass is 35.5. The molecular weight excluding hydrogens is 396 g/mol. The van der Waals surface area contributed by atoms with Crippen LogP contribution in [0.4, 0.5) is 14.7 Å². The van der Waals surface area contributed by atoms with E-state index in [1.165, 1.54) is 11.6 Å². The van der Waals surface area contributed by atoms with E-state index in [0.717, 1.165) is 12.1 Å². The number of amides is 1. The van der Waals surface area contributed by atoms with Crippen LogP contribution in [-0.2, 0) is 16.4 Å². The summed E-state index contributed by atoms with van der Waals surface area (Å²) in [6.07, 6.45) is 0. The molecular formula is C13H14ClF2N5O4S. The van der Waals surface area contributed by atoms with E-state index in [-0.39, 0.29) is 11.5 Å². The summed E-state index contributed by atoms with van der Waals surface area (Å²) in [6.45, 7) is 0.152. The normalized spacial score (nSPS) is 11.6. The second-order valence-corrected chi connectivity index (χ2v) is 7.40. The van der Waals surface area contributed by atoms with E-state index in [0.29, 0.717) is 6.54 Å². The molecule has 2 rings (SSSR count). The Balaban J connectivity index is 2.50. The fourth-order valence-electron chi connectivity index (χ4n) is 2.01.